The van der Waals surface area contributed by atoms with Crippen molar-refractivity contribution in [3.63, 3.8) is 0 Å². The number of unbranched alkanes of at least 4 members (excludes halogenated alkanes) is 1. The highest BCUT2D eigenvalue weighted by Crippen LogP contribution is 2.19. The summed E-state index contributed by atoms with van der Waals surface area (Å²) in [6.45, 7) is 7.29. The summed E-state index contributed by atoms with van der Waals surface area (Å²) in [7, 11) is 0. The highest BCUT2D eigenvalue weighted by atomic mass is 15.2. The van der Waals surface area contributed by atoms with Gasteiger partial charge in [0.2, 0.25) is 11.9 Å². The van der Waals surface area contributed by atoms with Crippen LogP contribution in [0.25, 0.3) is 0 Å². The van der Waals surface area contributed by atoms with E-state index in [1.807, 2.05) is 0 Å². The van der Waals surface area contributed by atoms with Crippen LogP contribution in [0.15, 0.2) is 24.3 Å². The molecule has 6 nitrogen and oxygen atoms in total. The van der Waals surface area contributed by atoms with Crippen LogP contribution in [0.5, 0.6) is 0 Å². The normalized spacial score (nSPS) is 12.5. The summed E-state index contributed by atoms with van der Waals surface area (Å²) in [6.07, 6.45) is 3.61. The van der Waals surface area contributed by atoms with E-state index in [9.17, 15) is 0 Å². The number of aromatic nitrogens is 3. The van der Waals surface area contributed by atoms with E-state index in [4.69, 9.17) is 11.5 Å². The Balaban J connectivity index is 2.06. The predicted octanol–water partition coefficient (Wildman–Crippen LogP) is 1.84. The quantitative estimate of drug-likeness (QED) is 0.685. The number of aryl methyl sites for hydroxylation is 1. The Labute approximate surface area is 144 Å². The first-order valence-electron chi connectivity index (χ1n) is 8.67. The molecule has 0 aliphatic heterocycles. The molecule has 0 bridgehead atoms. The largest absolute Gasteiger partial charge is 0.368 e. The molecular weight excluding hydrogens is 300 g/mol. The van der Waals surface area contributed by atoms with Gasteiger partial charge >= 0.3 is 0 Å². The van der Waals surface area contributed by atoms with Crippen molar-refractivity contribution >= 4 is 11.9 Å². The lowest BCUT2D eigenvalue weighted by Gasteiger charge is -2.19. The average Bonchev–Trinajstić information content (AvgIpc) is 2.53. The number of nitrogen functional groups attached to an aromatic ring is 2. The monoisotopic (exact) mass is 329 g/mol. The fraction of sp³-hybridized carbons (Fsp3) is 0.500. The molecule has 130 valence electrons. The van der Waals surface area contributed by atoms with Crippen molar-refractivity contribution in [1.29, 1.82) is 0 Å². The van der Waals surface area contributed by atoms with Crippen molar-refractivity contribution in [2.45, 2.75) is 52.6 Å². The van der Waals surface area contributed by atoms with Gasteiger partial charge in [0.25, 0.3) is 0 Å². The second-order valence-corrected chi connectivity index (χ2v) is 6.52. The predicted molar refractivity (Wildman–Crippen MR) is 96.9 cm³/mol. The molecule has 1 heterocycles. The maximum absolute atomic E-state index is 5.64. The second-order valence-electron chi connectivity index (χ2n) is 6.52. The van der Waals surface area contributed by atoms with E-state index in [2.05, 4.69) is 65.3 Å². The second kappa shape index (κ2) is 8.59. The van der Waals surface area contributed by atoms with Crippen molar-refractivity contribution in [1.82, 2.24) is 15.0 Å². The molecule has 1 aromatic heterocycles. The Kier molecular flexibility index (Phi) is 6.49. The van der Waals surface area contributed by atoms with Crippen LogP contribution >= 0.6 is 0 Å². The van der Waals surface area contributed by atoms with Gasteiger partial charge in [-0.05, 0) is 18.4 Å². The molecule has 2 rings (SSSR count). The summed E-state index contributed by atoms with van der Waals surface area (Å²) in [4.78, 5) is 12.1. The number of benzene rings is 1. The molecule has 6 heteroatoms. The molecule has 0 amide bonds. The van der Waals surface area contributed by atoms with Crippen molar-refractivity contribution in [3.8, 4) is 0 Å². The zero-order chi connectivity index (χ0) is 17.5. The molecule has 1 atom stereocenters. The van der Waals surface area contributed by atoms with Gasteiger partial charge in [0, 0.05) is 11.5 Å². The topological polar surface area (TPSA) is 107 Å². The molecule has 1 aromatic carbocycles. The van der Waals surface area contributed by atoms with E-state index in [1.165, 1.54) is 24.0 Å². The number of nitrogens with two attached hydrogens (primary N) is 3. The van der Waals surface area contributed by atoms with Crippen LogP contribution in [0.3, 0.4) is 0 Å². The summed E-state index contributed by atoms with van der Waals surface area (Å²) in [5.74, 6) is 1.45. The smallest absolute Gasteiger partial charge is 0.225 e. The molecule has 0 spiro atoms. The van der Waals surface area contributed by atoms with Crippen molar-refractivity contribution in [2.24, 2.45) is 5.92 Å². The van der Waals surface area contributed by atoms with E-state index >= 15 is 0 Å². The molecule has 0 aliphatic carbocycles. The molecular formula is C18H29N6+. The molecule has 0 fully saturated rings. The molecule has 0 saturated carbocycles. The van der Waals surface area contributed by atoms with Crippen LogP contribution in [0.1, 0.15) is 56.6 Å². The minimum atomic E-state index is 0.173. The van der Waals surface area contributed by atoms with Crippen LogP contribution in [-0.4, -0.2) is 15.0 Å². The van der Waals surface area contributed by atoms with E-state index in [1.54, 1.807) is 0 Å². The molecule has 6 N–H and O–H groups in total. The lowest BCUT2D eigenvalue weighted by Crippen LogP contribution is -2.85. The van der Waals surface area contributed by atoms with Gasteiger partial charge in [0.15, 0.2) is 5.82 Å². The van der Waals surface area contributed by atoms with Gasteiger partial charge in [0.05, 0.1) is 0 Å². The van der Waals surface area contributed by atoms with Gasteiger partial charge in [0.1, 0.15) is 12.6 Å². The molecule has 0 aliphatic rings. The summed E-state index contributed by atoms with van der Waals surface area (Å²) in [6, 6.07) is 9.30. The van der Waals surface area contributed by atoms with E-state index < -0.39 is 0 Å². The SMILES string of the molecule is CCCCc1ccc([C@H]([NH2+]Cc2nc(N)nc(N)n2)C(C)C)cc1. The molecule has 0 unspecified atom stereocenters. The summed E-state index contributed by atoms with van der Waals surface area (Å²) >= 11 is 0. The van der Waals surface area contributed by atoms with E-state index in [0.717, 1.165) is 6.42 Å². The lowest BCUT2D eigenvalue weighted by atomic mass is 9.94. The Morgan fingerprint density at radius 3 is 2.17 bits per heavy atom. The lowest BCUT2D eigenvalue weighted by molar-refractivity contribution is -0.718. The van der Waals surface area contributed by atoms with Gasteiger partial charge in [-0.1, -0.05) is 51.5 Å². The number of rotatable bonds is 8. The fourth-order valence-electron chi connectivity index (χ4n) is 2.86. The summed E-state index contributed by atoms with van der Waals surface area (Å²) in [5.41, 5.74) is 14.0. The van der Waals surface area contributed by atoms with E-state index in [-0.39, 0.29) is 11.9 Å². The molecule has 0 saturated heterocycles. The number of quaternary nitrogens is 1. The van der Waals surface area contributed by atoms with Gasteiger partial charge < -0.3 is 16.8 Å². The van der Waals surface area contributed by atoms with Crippen molar-refractivity contribution < 1.29 is 5.32 Å². The van der Waals surface area contributed by atoms with Crippen LogP contribution in [0.2, 0.25) is 0 Å². The molecule has 2 aromatic rings. The van der Waals surface area contributed by atoms with Crippen LogP contribution in [0, 0.1) is 5.92 Å². The third-order valence-electron chi connectivity index (χ3n) is 4.17. The number of hydrogen-bond donors (Lipinski definition) is 3. The third-order valence-corrected chi connectivity index (χ3v) is 4.17. The van der Waals surface area contributed by atoms with Gasteiger partial charge in [-0.3, -0.25) is 0 Å². The average molecular weight is 329 g/mol. The number of hydrogen-bond acceptors (Lipinski definition) is 5. The Hall–Kier alpha value is -2.21. The molecule has 24 heavy (non-hydrogen) atoms. The highest BCUT2D eigenvalue weighted by molar-refractivity contribution is 5.26. The van der Waals surface area contributed by atoms with Gasteiger partial charge in [-0.25, -0.2) is 0 Å². The maximum Gasteiger partial charge on any atom is 0.225 e. The first-order chi connectivity index (χ1) is 11.5. The fourth-order valence-corrected chi connectivity index (χ4v) is 2.86. The van der Waals surface area contributed by atoms with Gasteiger partial charge in [-0.15, -0.1) is 0 Å². The summed E-state index contributed by atoms with van der Waals surface area (Å²) < 4.78 is 0. The van der Waals surface area contributed by atoms with Crippen LogP contribution in [-0.2, 0) is 13.0 Å². The maximum atomic E-state index is 5.64. The zero-order valence-electron chi connectivity index (χ0n) is 14.9. The minimum absolute atomic E-state index is 0.173. The zero-order valence-corrected chi connectivity index (χ0v) is 14.9. The number of nitrogens with zero attached hydrogens (tertiary/aromatic N) is 3. The Bertz CT molecular complexity index is 618. The van der Waals surface area contributed by atoms with Crippen LogP contribution in [0.4, 0.5) is 11.9 Å². The standard InChI is InChI=1S/C18H28N6/c1-4-5-6-13-7-9-14(10-8-13)16(12(2)3)21-11-15-22-17(19)24-18(20)23-15/h7-10,12,16,21H,4-6,11H2,1-3H3,(H4,19,20,22,23,24)/p+1/t16-/m1/s1. The highest BCUT2D eigenvalue weighted by Gasteiger charge is 2.20. The van der Waals surface area contributed by atoms with Crippen molar-refractivity contribution in [3.05, 3.63) is 41.2 Å². The Morgan fingerprint density at radius 1 is 1.00 bits per heavy atom. The van der Waals surface area contributed by atoms with E-state index in [0.29, 0.717) is 24.3 Å². The Morgan fingerprint density at radius 2 is 1.62 bits per heavy atom. The number of anilines is 2. The minimum Gasteiger partial charge on any atom is -0.368 e. The van der Waals surface area contributed by atoms with Gasteiger partial charge in [-0.2, -0.15) is 15.0 Å². The first kappa shape index (κ1) is 18.1. The first-order valence-corrected chi connectivity index (χ1v) is 8.67. The molecule has 0 radical (unpaired) electrons. The van der Waals surface area contributed by atoms with Crippen LogP contribution < -0.4 is 16.8 Å². The van der Waals surface area contributed by atoms with Crippen molar-refractivity contribution in [2.75, 3.05) is 11.5 Å². The summed E-state index contributed by atoms with van der Waals surface area (Å²) in [5, 5.41) is 2.24. The third kappa shape index (κ3) is 5.16.